The van der Waals surface area contributed by atoms with Crippen LogP contribution in [0.4, 0.5) is 0 Å². The zero-order chi connectivity index (χ0) is 10.6. The van der Waals surface area contributed by atoms with Crippen molar-refractivity contribution in [2.75, 3.05) is 6.61 Å². The summed E-state index contributed by atoms with van der Waals surface area (Å²) in [6.07, 6.45) is -3.32. The summed E-state index contributed by atoms with van der Waals surface area (Å²) >= 11 is 0. The van der Waals surface area contributed by atoms with Crippen molar-refractivity contribution >= 4 is 13.6 Å². The number of phosphoric ester groups is 1. The Bertz CT molecular complexity index is 221. The van der Waals surface area contributed by atoms with E-state index in [0.29, 0.717) is 0 Å². The van der Waals surface area contributed by atoms with E-state index >= 15 is 0 Å². The van der Waals surface area contributed by atoms with E-state index in [1.165, 1.54) is 0 Å². The molecule has 0 heterocycles. The van der Waals surface area contributed by atoms with Crippen LogP contribution in [0.15, 0.2) is 0 Å². The standard InChI is InChI=1S/C5H11O7P/c1-3(6)5(8)4(7)2-12-13(9,10)11/h4-5,7-8H,2H2,1H3,(H2,9,10,11)/t4-,5-/m1/s1. The number of phosphoric acid groups is 1. The first-order valence-corrected chi connectivity index (χ1v) is 4.83. The average molecular weight is 214 g/mol. The molecule has 0 unspecified atom stereocenters. The Labute approximate surface area is 74.2 Å². The molecule has 7 nitrogen and oxygen atoms in total. The second kappa shape index (κ2) is 4.80. The molecular weight excluding hydrogens is 203 g/mol. The quantitative estimate of drug-likeness (QED) is 0.406. The van der Waals surface area contributed by atoms with Gasteiger partial charge in [0, 0.05) is 0 Å². The molecule has 0 aromatic heterocycles. The van der Waals surface area contributed by atoms with Crippen LogP contribution in [0.5, 0.6) is 0 Å². The van der Waals surface area contributed by atoms with E-state index in [-0.39, 0.29) is 0 Å². The van der Waals surface area contributed by atoms with Crippen LogP contribution in [0.3, 0.4) is 0 Å². The molecule has 0 aliphatic carbocycles. The second-order valence-electron chi connectivity index (χ2n) is 2.41. The molecule has 0 saturated carbocycles. The second-order valence-corrected chi connectivity index (χ2v) is 3.65. The zero-order valence-corrected chi connectivity index (χ0v) is 7.72. The summed E-state index contributed by atoms with van der Waals surface area (Å²) in [5, 5.41) is 17.8. The summed E-state index contributed by atoms with van der Waals surface area (Å²) in [5.41, 5.74) is 0. The van der Waals surface area contributed by atoms with Gasteiger partial charge in [0.2, 0.25) is 0 Å². The molecular formula is C5H11O7P. The molecule has 8 heteroatoms. The van der Waals surface area contributed by atoms with Crippen molar-refractivity contribution in [3.63, 3.8) is 0 Å². The molecule has 0 bridgehead atoms. The number of hydrogen-bond donors (Lipinski definition) is 4. The third-order valence-corrected chi connectivity index (χ3v) is 1.68. The predicted molar refractivity (Wildman–Crippen MR) is 40.7 cm³/mol. The van der Waals surface area contributed by atoms with Crippen LogP contribution < -0.4 is 0 Å². The minimum absolute atomic E-state index is 0.707. The summed E-state index contributed by atoms with van der Waals surface area (Å²) in [4.78, 5) is 26.8. The lowest BCUT2D eigenvalue weighted by molar-refractivity contribution is -0.132. The maximum Gasteiger partial charge on any atom is 0.469 e. The number of rotatable bonds is 5. The third-order valence-electron chi connectivity index (χ3n) is 1.19. The van der Waals surface area contributed by atoms with Crippen molar-refractivity contribution in [1.29, 1.82) is 0 Å². The highest BCUT2D eigenvalue weighted by molar-refractivity contribution is 7.46. The number of carbonyl (C=O) groups excluding carboxylic acids is 1. The van der Waals surface area contributed by atoms with Gasteiger partial charge in [0.1, 0.15) is 12.2 Å². The largest absolute Gasteiger partial charge is 0.469 e. The topological polar surface area (TPSA) is 124 Å². The lowest BCUT2D eigenvalue weighted by atomic mass is 10.1. The Morgan fingerprint density at radius 2 is 1.92 bits per heavy atom. The Morgan fingerprint density at radius 1 is 1.46 bits per heavy atom. The van der Waals surface area contributed by atoms with Crippen molar-refractivity contribution in [1.82, 2.24) is 0 Å². The van der Waals surface area contributed by atoms with Gasteiger partial charge in [-0.2, -0.15) is 0 Å². The average Bonchev–Trinajstić information content (AvgIpc) is 1.97. The summed E-state index contributed by atoms with van der Waals surface area (Å²) in [7, 11) is -4.67. The highest BCUT2D eigenvalue weighted by Gasteiger charge is 2.24. The zero-order valence-electron chi connectivity index (χ0n) is 6.82. The monoisotopic (exact) mass is 214 g/mol. The van der Waals surface area contributed by atoms with Crippen LogP contribution in [-0.4, -0.2) is 44.6 Å². The van der Waals surface area contributed by atoms with Gasteiger partial charge in [-0.1, -0.05) is 0 Å². The molecule has 13 heavy (non-hydrogen) atoms. The first-order valence-electron chi connectivity index (χ1n) is 3.30. The molecule has 0 amide bonds. The van der Waals surface area contributed by atoms with Crippen molar-refractivity contribution in [2.45, 2.75) is 19.1 Å². The third kappa shape index (κ3) is 5.87. The van der Waals surface area contributed by atoms with Crippen molar-refractivity contribution in [2.24, 2.45) is 0 Å². The molecule has 4 N–H and O–H groups in total. The number of ketones is 1. The Kier molecular flexibility index (Phi) is 4.69. The first-order chi connectivity index (χ1) is 5.74. The van der Waals surface area contributed by atoms with E-state index in [1.54, 1.807) is 0 Å². The fourth-order valence-electron chi connectivity index (χ4n) is 0.536. The lowest BCUT2D eigenvalue weighted by Gasteiger charge is -2.15. The Hall–Kier alpha value is -0.300. The smallest absolute Gasteiger partial charge is 0.388 e. The SMILES string of the molecule is CC(=O)[C@@H](O)[C@H](O)COP(=O)(O)O. The summed E-state index contributed by atoms with van der Waals surface area (Å²) in [6.45, 7) is 0.233. The molecule has 78 valence electrons. The first kappa shape index (κ1) is 12.7. The van der Waals surface area contributed by atoms with Crippen molar-refractivity contribution < 1.29 is 33.9 Å². The molecule has 0 aromatic carbocycles. The predicted octanol–water partition coefficient (Wildman–Crippen LogP) is -1.59. The van der Waals surface area contributed by atoms with E-state index in [4.69, 9.17) is 20.0 Å². The Balaban J connectivity index is 3.95. The van der Waals surface area contributed by atoms with Crippen molar-refractivity contribution in [3.05, 3.63) is 0 Å². The van der Waals surface area contributed by atoms with Crippen molar-refractivity contribution in [3.8, 4) is 0 Å². The number of Topliss-reactive ketones (excluding diaryl/α,β-unsaturated/α-hetero) is 1. The van der Waals surface area contributed by atoms with E-state index in [1.807, 2.05) is 0 Å². The molecule has 0 aliphatic heterocycles. The minimum atomic E-state index is -4.67. The fourth-order valence-corrected chi connectivity index (χ4v) is 0.882. The molecule has 0 saturated heterocycles. The number of aliphatic hydroxyl groups excluding tert-OH is 2. The molecule has 0 spiro atoms. The van der Waals surface area contributed by atoms with E-state index in [9.17, 15) is 9.36 Å². The maximum absolute atomic E-state index is 10.5. The number of carbonyl (C=O) groups is 1. The van der Waals surface area contributed by atoms with Crippen LogP contribution in [-0.2, 0) is 13.9 Å². The van der Waals surface area contributed by atoms with Gasteiger partial charge in [0.05, 0.1) is 6.61 Å². The highest BCUT2D eigenvalue weighted by Crippen LogP contribution is 2.35. The molecule has 0 aliphatic rings. The van der Waals surface area contributed by atoms with Crippen LogP contribution in [0, 0.1) is 0 Å². The van der Waals surface area contributed by atoms with Gasteiger partial charge in [0.25, 0.3) is 0 Å². The van der Waals surface area contributed by atoms with E-state index in [0.717, 1.165) is 6.92 Å². The normalized spacial score (nSPS) is 16.7. The summed E-state index contributed by atoms with van der Waals surface area (Å²) in [5.74, 6) is -0.707. The highest BCUT2D eigenvalue weighted by atomic mass is 31.2. The van der Waals surface area contributed by atoms with Crippen LogP contribution >= 0.6 is 7.82 Å². The summed E-state index contributed by atoms with van der Waals surface area (Å²) < 4.78 is 14.0. The van der Waals surface area contributed by atoms with Gasteiger partial charge in [-0.15, -0.1) is 0 Å². The number of aliphatic hydroxyl groups is 2. The minimum Gasteiger partial charge on any atom is -0.388 e. The van der Waals surface area contributed by atoms with Gasteiger partial charge in [-0.25, -0.2) is 4.57 Å². The van der Waals surface area contributed by atoms with Gasteiger partial charge < -0.3 is 20.0 Å². The molecule has 0 radical (unpaired) electrons. The molecule has 2 atom stereocenters. The number of hydrogen-bond acceptors (Lipinski definition) is 5. The lowest BCUT2D eigenvalue weighted by Crippen LogP contribution is -2.35. The molecule has 0 aromatic rings. The van der Waals surface area contributed by atoms with Crippen LogP contribution in [0.25, 0.3) is 0 Å². The fraction of sp³-hybridized carbons (Fsp3) is 0.800. The van der Waals surface area contributed by atoms with Crippen LogP contribution in [0.1, 0.15) is 6.92 Å². The van der Waals surface area contributed by atoms with Gasteiger partial charge in [0.15, 0.2) is 5.78 Å². The van der Waals surface area contributed by atoms with Crippen LogP contribution in [0.2, 0.25) is 0 Å². The molecule has 0 fully saturated rings. The Morgan fingerprint density at radius 3 is 2.23 bits per heavy atom. The van der Waals surface area contributed by atoms with Gasteiger partial charge in [-0.3, -0.25) is 9.32 Å². The van der Waals surface area contributed by atoms with E-state index in [2.05, 4.69) is 4.52 Å². The van der Waals surface area contributed by atoms with Gasteiger partial charge in [-0.05, 0) is 6.92 Å². The summed E-state index contributed by atoms with van der Waals surface area (Å²) in [6, 6.07) is 0. The molecule has 0 rings (SSSR count). The van der Waals surface area contributed by atoms with Gasteiger partial charge >= 0.3 is 7.82 Å². The maximum atomic E-state index is 10.5. The van der Waals surface area contributed by atoms with E-state index < -0.39 is 32.4 Å².